The number of halogens is 1. The van der Waals surface area contributed by atoms with Gasteiger partial charge in [-0.15, -0.1) is 0 Å². The van der Waals surface area contributed by atoms with E-state index in [0.717, 1.165) is 5.56 Å². The van der Waals surface area contributed by atoms with E-state index >= 15 is 0 Å². The Bertz CT molecular complexity index is 830. The Morgan fingerprint density at radius 3 is 2.29 bits per heavy atom. The van der Waals surface area contributed by atoms with Crippen molar-refractivity contribution in [2.45, 2.75) is 30.5 Å². The second-order valence-corrected chi connectivity index (χ2v) is 8.85. The zero-order chi connectivity index (χ0) is 17.9. The highest BCUT2D eigenvalue weighted by molar-refractivity contribution is 7.92. The van der Waals surface area contributed by atoms with Gasteiger partial charge in [0.1, 0.15) is 0 Å². The maximum absolute atomic E-state index is 12.5. The van der Waals surface area contributed by atoms with Gasteiger partial charge in [0.05, 0.1) is 10.1 Å². The number of carbonyl (C=O) groups is 1. The molecule has 4 nitrogen and oxygen atoms in total. The Labute approximate surface area is 148 Å². The van der Waals surface area contributed by atoms with Crippen LogP contribution in [0.4, 0.5) is 0 Å². The summed E-state index contributed by atoms with van der Waals surface area (Å²) in [5.41, 5.74) is 1.37. The average molecular weight is 366 g/mol. The van der Waals surface area contributed by atoms with Crippen molar-refractivity contribution in [1.29, 1.82) is 0 Å². The predicted octanol–water partition coefficient (Wildman–Crippen LogP) is 3.79. The Morgan fingerprint density at radius 1 is 1.12 bits per heavy atom. The molecular weight excluding hydrogens is 346 g/mol. The van der Waals surface area contributed by atoms with Crippen LogP contribution < -0.4 is 0 Å². The summed E-state index contributed by atoms with van der Waals surface area (Å²) < 4.78 is 24.2. The van der Waals surface area contributed by atoms with Crippen molar-refractivity contribution >= 4 is 27.3 Å². The third-order valence-electron chi connectivity index (χ3n) is 3.71. The molecule has 24 heavy (non-hydrogen) atoms. The van der Waals surface area contributed by atoms with E-state index in [9.17, 15) is 13.2 Å². The number of amides is 1. The molecule has 0 unspecified atom stereocenters. The van der Waals surface area contributed by atoms with E-state index in [1.165, 1.54) is 12.1 Å². The fraction of sp³-hybridized carbons (Fsp3) is 0.278. The van der Waals surface area contributed by atoms with Crippen LogP contribution in [-0.4, -0.2) is 31.5 Å². The minimum absolute atomic E-state index is 0.177. The lowest BCUT2D eigenvalue weighted by atomic mass is 10.1. The van der Waals surface area contributed by atoms with Crippen LogP contribution in [0.25, 0.3) is 0 Å². The molecular formula is C18H20ClNO3S. The number of nitrogens with zero attached hydrogens (tertiary/aromatic N) is 1. The number of sulfone groups is 1. The van der Waals surface area contributed by atoms with Crippen LogP contribution in [0.2, 0.25) is 5.02 Å². The fourth-order valence-corrected chi connectivity index (χ4v) is 3.53. The van der Waals surface area contributed by atoms with Crippen molar-refractivity contribution in [3.05, 3.63) is 64.7 Å². The highest BCUT2D eigenvalue weighted by Gasteiger charge is 2.20. The maximum atomic E-state index is 12.5. The zero-order valence-corrected chi connectivity index (χ0v) is 15.4. The normalized spacial score (nSPS) is 11.5. The van der Waals surface area contributed by atoms with Gasteiger partial charge in [-0.3, -0.25) is 4.79 Å². The van der Waals surface area contributed by atoms with Crippen molar-refractivity contribution in [2.75, 3.05) is 7.05 Å². The summed E-state index contributed by atoms with van der Waals surface area (Å²) in [7, 11) is -1.64. The second-order valence-electron chi connectivity index (χ2n) is 5.91. The van der Waals surface area contributed by atoms with Crippen LogP contribution >= 0.6 is 11.6 Å². The summed E-state index contributed by atoms with van der Waals surface area (Å²) in [6.45, 7) is 3.69. The molecule has 0 saturated carbocycles. The average Bonchev–Trinajstić information content (AvgIpc) is 2.54. The van der Waals surface area contributed by atoms with Gasteiger partial charge < -0.3 is 4.90 Å². The standard InChI is InChI=1S/C18H20ClNO3S/c1-13(2)24(22,23)17-9-7-15(8-10-17)18(21)20(3)12-14-5-4-6-16(19)11-14/h4-11,13H,12H2,1-3H3. The summed E-state index contributed by atoms with van der Waals surface area (Å²) in [4.78, 5) is 14.3. The lowest BCUT2D eigenvalue weighted by Gasteiger charge is -2.18. The second kappa shape index (κ2) is 7.36. The molecule has 2 rings (SSSR count). The number of carbonyl (C=O) groups excluding carboxylic acids is 1. The quantitative estimate of drug-likeness (QED) is 0.809. The summed E-state index contributed by atoms with van der Waals surface area (Å²) in [5.74, 6) is -0.177. The van der Waals surface area contributed by atoms with Gasteiger partial charge in [-0.2, -0.15) is 0 Å². The molecule has 2 aromatic rings. The van der Waals surface area contributed by atoms with E-state index in [-0.39, 0.29) is 10.8 Å². The highest BCUT2D eigenvalue weighted by atomic mass is 35.5. The predicted molar refractivity (Wildman–Crippen MR) is 96.0 cm³/mol. The summed E-state index contributed by atoms with van der Waals surface area (Å²) in [5, 5.41) is 0.126. The Hall–Kier alpha value is -1.85. The molecule has 0 bridgehead atoms. The van der Waals surface area contributed by atoms with Crippen molar-refractivity contribution in [1.82, 2.24) is 4.90 Å². The molecule has 0 aliphatic heterocycles. The Morgan fingerprint density at radius 2 is 1.75 bits per heavy atom. The van der Waals surface area contributed by atoms with Gasteiger partial charge in [0.2, 0.25) is 0 Å². The van der Waals surface area contributed by atoms with Gasteiger partial charge in [-0.1, -0.05) is 23.7 Å². The first-order valence-electron chi connectivity index (χ1n) is 7.55. The van der Waals surface area contributed by atoms with E-state index < -0.39 is 15.1 Å². The number of hydrogen-bond acceptors (Lipinski definition) is 3. The first-order valence-corrected chi connectivity index (χ1v) is 9.48. The minimum Gasteiger partial charge on any atom is -0.337 e. The third kappa shape index (κ3) is 4.16. The van der Waals surface area contributed by atoms with Gasteiger partial charge in [-0.25, -0.2) is 8.42 Å². The van der Waals surface area contributed by atoms with Crippen molar-refractivity contribution in [3.8, 4) is 0 Å². The summed E-state index contributed by atoms with van der Waals surface area (Å²) >= 11 is 5.95. The molecule has 128 valence electrons. The van der Waals surface area contributed by atoms with Crippen molar-refractivity contribution < 1.29 is 13.2 Å². The van der Waals surface area contributed by atoms with Crippen LogP contribution in [0.5, 0.6) is 0 Å². The van der Waals surface area contributed by atoms with E-state index in [2.05, 4.69) is 0 Å². The fourth-order valence-electron chi connectivity index (χ4n) is 2.26. The van der Waals surface area contributed by atoms with E-state index in [1.54, 1.807) is 44.0 Å². The molecule has 6 heteroatoms. The van der Waals surface area contributed by atoms with E-state index in [1.807, 2.05) is 18.2 Å². The molecule has 0 saturated heterocycles. The van der Waals surface area contributed by atoms with Gasteiger partial charge in [0.25, 0.3) is 5.91 Å². The van der Waals surface area contributed by atoms with Crippen molar-refractivity contribution in [3.63, 3.8) is 0 Å². The molecule has 0 aromatic heterocycles. The molecule has 2 aromatic carbocycles. The maximum Gasteiger partial charge on any atom is 0.253 e. The molecule has 1 amide bonds. The van der Waals surface area contributed by atoms with Gasteiger partial charge >= 0.3 is 0 Å². The first kappa shape index (κ1) is 18.5. The van der Waals surface area contributed by atoms with Gasteiger partial charge in [0.15, 0.2) is 9.84 Å². The SMILES string of the molecule is CC(C)S(=O)(=O)c1ccc(C(=O)N(C)Cc2cccc(Cl)c2)cc1. The minimum atomic E-state index is -3.33. The Balaban J connectivity index is 2.15. The lowest BCUT2D eigenvalue weighted by Crippen LogP contribution is -2.26. The van der Waals surface area contributed by atoms with E-state index in [0.29, 0.717) is 17.1 Å². The van der Waals surface area contributed by atoms with Crippen LogP contribution in [0, 0.1) is 0 Å². The van der Waals surface area contributed by atoms with Crippen LogP contribution in [-0.2, 0) is 16.4 Å². The third-order valence-corrected chi connectivity index (χ3v) is 6.11. The summed E-state index contributed by atoms with van der Waals surface area (Å²) in [6.07, 6.45) is 0. The van der Waals surface area contributed by atoms with E-state index in [4.69, 9.17) is 11.6 Å². The molecule has 0 atom stereocenters. The Kier molecular flexibility index (Phi) is 5.67. The summed E-state index contributed by atoms with van der Waals surface area (Å²) in [6, 6.07) is 13.4. The largest absolute Gasteiger partial charge is 0.337 e. The number of rotatable bonds is 5. The van der Waals surface area contributed by atoms with Gasteiger partial charge in [0, 0.05) is 24.2 Å². The molecule has 0 N–H and O–H groups in total. The number of benzene rings is 2. The first-order chi connectivity index (χ1) is 11.2. The molecule has 0 spiro atoms. The number of hydrogen-bond donors (Lipinski definition) is 0. The molecule has 0 fully saturated rings. The van der Waals surface area contributed by atoms with Gasteiger partial charge in [-0.05, 0) is 55.8 Å². The molecule has 0 radical (unpaired) electrons. The van der Waals surface area contributed by atoms with Crippen LogP contribution in [0.3, 0.4) is 0 Å². The molecule has 0 aliphatic carbocycles. The molecule has 0 heterocycles. The van der Waals surface area contributed by atoms with Crippen LogP contribution in [0.15, 0.2) is 53.4 Å². The van der Waals surface area contributed by atoms with Crippen molar-refractivity contribution in [2.24, 2.45) is 0 Å². The molecule has 0 aliphatic rings. The smallest absolute Gasteiger partial charge is 0.253 e. The van der Waals surface area contributed by atoms with Crippen LogP contribution in [0.1, 0.15) is 29.8 Å². The monoisotopic (exact) mass is 365 g/mol. The topological polar surface area (TPSA) is 54.5 Å². The highest BCUT2D eigenvalue weighted by Crippen LogP contribution is 2.18. The zero-order valence-electron chi connectivity index (χ0n) is 13.9. The lowest BCUT2D eigenvalue weighted by molar-refractivity contribution is 0.0785.